The minimum Gasteiger partial charge on any atom is -0.484 e. The van der Waals surface area contributed by atoms with E-state index in [1.54, 1.807) is 0 Å². The Balaban J connectivity index is 1.28. The van der Waals surface area contributed by atoms with Gasteiger partial charge in [-0.05, 0) is 78.0 Å². The van der Waals surface area contributed by atoms with E-state index in [0.29, 0.717) is 39.8 Å². The molecule has 0 saturated heterocycles. The van der Waals surface area contributed by atoms with E-state index < -0.39 is 5.97 Å². The summed E-state index contributed by atoms with van der Waals surface area (Å²) < 4.78 is 16.5. The van der Waals surface area contributed by atoms with Gasteiger partial charge in [0.2, 0.25) is 0 Å². The van der Waals surface area contributed by atoms with Gasteiger partial charge in [0, 0.05) is 4.88 Å². The summed E-state index contributed by atoms with van der Waals surface area (Å²) in [6.07, 6.45) is 2.62. The lowest BCUT2D eigenvalue weighted by Gasteiger charge is -2.18. The van der Waals surface area contributed by atoms with Crippen molar-refractivity contribution in [1.29, 1.82) is 0 Å². The average molecular weight is 607 g/mol. The van der Waals surface area contributed by atoms with Crippen LogP contribution in [-0.4, -0.2) is 44.1 Å². The van der Waals surface area contributed by atoms with E-state index in [4.69, 9.17) is 14.2 Å². The second-order valence-electron chi connectivity index (χ2n) is 11.6. The monoisotopic (exact) mass is 606 g/mol. The second kappa shape index (κ2) is 15.0. The normalized spacial score (nSPS) is 14.3. The number of nitrogens with one attached hydrogen (secondary N) is 2. The van der Waals surface area contributed by atoms with Crippen molar-refractivity contribution in [3.05, 3.63) is 75.7 Å². The molecule has 9 heteroatoms. The zero-order valence-electron chi connectivity index (χ0n) is 25.7. The zero-order chi connectivity index (χ0) is 30.9. The molecule has 0 fully saturated rings. The predicted molar refractivity (Wildman–Crippen MR) is 169 cm³/mol. The first-order valence-electron chi connectivity index (χ1n) is 14.9. The molecule has 1 heterocycles. The van der Waals surface area contributed by atoms with Crippen molar-refractivity contribution >= 4 is 34.1 Å². The number of anilines is 1. The highest BCUT2D eigenvalue weighted by molar-refractivity contribution is 7.17. The summed E-state index contributed by atoms with van der Waals surface area (Å²) >= 11 is 1.45. The summed E-state index contributed by atoms with van der Waals surface area (Å²) in [7, 11) is 0. The van der Waals surface area contributed by atoms with Crippen molar-refractivity contribution in [3.63, 3.8) is 0 Å². The molecule has 4 rings (SSSR count). The van der Waals surface area contributed by atoms with Gasteiger partial charge in [-0.15, -0.1) is 11.3 Å². The van der Waals surface area contributed by atoms with Crippen molar-refractivity contribution in [2.75, 3.05) is 31.7 Å². The van der Waals surface area contributed by atoms with Crippen molar-refractivity contribution in [1.82, 2.24) is 5.32 Å². The molecule has 1 aliphatic carbocycles. The van der Waals surface area contributed by atoms with Gasteiger partial charge < -0.3 is 24.8 Å². The maximum atomic E-state index is 13.3. The highest BCUT2D eigenvalue weighted by Gasteiger charge is 2.28. The number of esters is 1. The molecule has 230 valence electrons. The van der Waals surface area contributed by atoms with Crippen LogP contribution in [0.15, 0.2) is 48.5 Å². The van der Waals surface area contributed by atoms with Crippen molar-refractivity contribution < 1.29 is 28.6 Å². The number of fused-ring (bicyclic) bond motifs is 1. The second-order valence-corrected chi connectivity index (χ2v) is 12.7. The molecule has 0 radical (unpaired) electrons. The standard InChI is InChI=1S/C34H42N2O6S/c1-21(2)24-7-11-26(12-8-24)41-19-30(37)36-34-32(28-15-6-23(5)18-29(28)43-34)33(39)35-16-17-40-31(38)20-42-27-13-9-25(10-14-27)22(3)4/h7-14,21-23H,6,15-20H2,1-5H3,(H,35,39)(H,36,37). The van der Waals surface area contributed by atoms with Crippen LogP contribution < -0.4 is 20.1 Å². The quantitative estimate of drug-likeness (QED) is 0.170. The highest BCUT2D eigenvalue weighted by atomic mass is 32.1. The Morgan fingerprint density at radius 3 is 2.05 bits per heavy atom. The van der Waals surface area contributed by atoms with Crippen LogP contribution in [0.25, 0.3) is 0 Å². The van der Waals surface area contributed by atoms with E-state index in [-0.39, 0.29) is 38.2 Å². The Hall–Kier alpha value is -3.85. The topological polar surface area (TPSA) is 103 Å². The minimum atomic E-state index is -0.518. The predicted octanol–water partition coefficient (Wildman–Crippen LogP) is 6.49. The number of hydrogen-bond acceptors (Lipinski definition) is 7. The number of amides is 2. The summed E-state index contributed by atoms with van der Waals surface area (Å²) in [4.78, 5) is 39.4. The molecule has 0 aliphatic heterocycles. The van der Waals surface area contributed by atoms with Crippen LogP contribution in [0.3, 0.4) is 0 Å². The van der Waals surface area contributed by atoms with Crippen molar-refractivity contribution in [3.8, 4) is 11.5 Å². The van der Waals surface area contributed by atoms with Crippen LogP contribution in [0, 0.1) is 5.92 Å². The third-order valence-corrected chi connectivity index (χ3v) is 8.63. The maximum Gasteiger partial charge on any atom is 0.344 e. The number of benzene rings is 2. The fourth-order valence-corrected chi connectivity index (χ4v) is 6.31. The van der Waals surface area contributed by atoms with E-state index in [1.807, 2.05) is 48.5 Å². The first-order valence-corrected chi connectivity index (χ1v) is 15.8. The minimum absolute atomic E-state index is 0.00864. The van der Waals surface area contributed by atoms with Crippen LogP contribution >= 0.6 is 11.3 Å². The average Bonchev–Trinajstić information content (AvgIpc) is 3.34. The van der Waals surface area contributed by atoms with E-state index in [9.17, 15) is 14.4 Å². The van der Waals surface area contributed by atoms with Gasteiger partial charge in [-0.25, -0.2) is 4.79 Å². The molecule has 43 heavy (non-hydrogen) atoms. The smallest absolute Gasteiger partial charge is 0.344 e. The fourth-order valence-electron chi connectivity index (χ4n) is 4.89. The molecular weight excluding hydrogens is 564 g/mol. The summed E-state index contributed by atoms with van der Waals surface area (Å²) in [5, 5.41) is 6.27. The van der Waals surface area contributed by atoms with Crippen LogP contribution in [0.2, 0.25) is 0 Å². The molecule has 0 spiro atoms. The first kappa shape index (κ1) is 32.1. The van der Waals surface area contributed by atoms with Crippen LogP contribution in [0.5, 0.6) is 11.5 Å². The Bertz CT molecular complexity index is 1400. The Morgan fingerprint density at radius 1 is 0.884 bits per heavy atom. The molecular formula is C34H42N2O6S. The summed E-state index contributed by atoms with van der Waals surface area (Å²) in [5.74, 6) is 1.39. The lowest BCUT2D eigenvalue weighted by molar-refractivity contribution is -0.145. The Kier molecular flexibility index (Phi) is 11.2. The number of ether oxygens (including phenoxy) is 3. The highest BCUT2D eigenvalue weighted by Crippen LogP contribution is 2.39. The number of hydrogen-bond donors (Lipinski definition) is 2. The number of thiophene rings is 1. The first-order chi connectivity index (χ1) is 20.6. The molecule has 2 amide bonds. The van der Waals surface area contributed by atoms with Gasteiger partial charge in [0.1, 0.15) is 23.1 Å². The summed E-state index contributed by atoms with van der Waals surface area (Å²) in [6, 6.07) is 15.3. The third-order valence-electron chi connectivity index (χ3n) is 7.46. The summed E-state index contributed by atoms with van der Waals surface area (Å²) in [6.45, 7) is 10.4. The lowest BCUT2D eigenvalue weighted by atomic mass is 9.88. The fraction of sp³-hybridized carbons (Fsp3) is 0.441. The van der Waals surface area contributed by atoms with Gasteiger partial charge in [-0.2, -0.15) is 0 Å². The van der Waals surface area contributed by atoms with Crippen LogP contribution in [0.4, 0.5) is 5.00 Å². The zero-order valence-corrected chi connectivity index (χ0v) is 26.5. The molecule has 1 atom stereocenters. The number of carbonyl (C=O) groups is 3. The van der Waals surface area contributed by atoms with E-state index >= 15 is 0 Å². The number of rotatable bonds is 13. The molecule has 0 saturated carbocycles. The largest absolute Gasteiger partial charge is 0.484 e. The molecule has 0 bridgehead atoms. The molecule has 2 N–H and O–H groups in total. The molecule has 3 aromatic rings. The van der Waals surface area contributed by atoms with Gasteiger partial charge in [-0.3, -0.25) is 9.59 Å². The van der Waals surface area contributed by atoms with Crippen LogP contribution in [0.1, 0.15) is 84.8 Å². The van der Waals surface area contributed by atoms with Crippen molar-refractivity contribution in [2.24, 2.45) is 5.92 Å². The van der Waals surface area contributed by atoms with Gasteiger partial charge in [0.05, 0.1) is 12.1 Å². The van der Waals surface area contributed by atoms with Crippen LogP contribution in [-0.2, 0) is 27.2 Å². The van der Waals surface area contributed by atoms with Gasteiger partial charge in [0.25, 0.3) is 11.8 Å². The molecule has 2 aromatic carbocycles. The maximum absolute atomic E-state index is 13.3. The lowest BCUT2D eigenvalue weighted by Crippen LogP contribution is -2.30. The van der Waals surface area contributed by atoms with Gasteiger partial charge in [-0.1, -0.05) is 58.9 Å². The van der Waals surface area contributed by atoms with E-state index in [1.165, 1.54) is 22.5 Å². The molecule has 1 aromatic heterocycles. The van der Waals surface area contributed by atoms with Crippen molar-refractivity contribution in [2.45, 2.75) is 65.7 Å². The third kappa shape index (κ3) is 9.07. The van der Waals surface area contributed by atoms with E-state index in [0.717, 1.165) is 29.7 Å². The van der Waals surface area contributed by atoms with Gasteiger partial charge >= 0.3 is 5.97 Å². The van der Waals surface area contributed by atoms with Gasteiger partial charge in [0.15, 0.2) is 13.2 Å². The Labute approximate surface area is 258 Å². The van der Waals surface area contributed by atoms with E-state index in [2.05, 4.69) is 45.3 Å². The number of carbonyl (C=O) groups excluding carboxylic acids is 3. The molecule has 8 nitrogen and oxygen atoms in total. The Morgan fingerprint density at radius 2 is 1.47 bits per heavy atom. The molecule has 1 aliphatic rings. The SMILES string of the molecule is CC1CCc2c(sc(NC(=O)COc3ccc(C(C)C)cc3)c2C(=O)NCCOC(=O)COc2ccc(C(C)C)cc2)C1. The molecule has 1 unspecified atom stereocenters. The summed E-state index contributed by atoms with van der Waals surface area (Å²) in [5.41, 5.74) is 3.85.